The van der Waals surface area contributed by atoms with Gasteiger partial charge in [0.2, 0.25) is 7.37 Å². The van der Waals surface area contributed by atoms with Crippen LogP contribution in [0.15, 0.2) is 12.7 Å². The molecule has 0 bridgehead atoms. The first-order valence-corrected chi connectivity index (χ1v) is 19.1. The number of nitrogens with two attached hydrogens (primary N) is 1. The summed E-state index contributed by atoms with van der Waals surface area (Å²) in [6.45, 7) is 4.62. The van der Waals surface area contributed by atoms with Crippen LogP contribution in [0.3, 0.4) is 0 Å². The van der Waals surface area contributed by atoms with Gasteiger partial charge in [-0.25, -0.2) is 15.0 Å². The highest BCUT2D eigenvalue weighted by Crippen LogP contribution is 2.42. The van der Waals surface area contributed by atoms with Crippen LogP contribution in [0.5, 0.6) is 0 Å². The van der Waals surface area contributed by atoms with Crippen molar-refractivity contribution < 1.29 is 13.8 Å². The number of unbranched alkanes of at least 4 members (excludes halogenated alkanes) is 14. The zero-order chi connectivity index (χ0) is 29.6. The molecule has 0 aliphatic carbocycles. The maximum absolute atomic E-state index is 12.8. The van der Waals surface area contributed by atoms with Crippen LogP contribution in [0, 0.1) is 12.3 Å². The van der Waals surface area contributed by atoms with Crippen molar-refractivity contribution in [1.82, 2.24) is 19.5 Å². The monoisotopic (exact) mass is 607 g/mol. The van der Waals surface area contributed by atoms with Crippen molar-refractivity contribution in [2.75, 3.05) is 36.9 Å². The van der Waals surface area contributed by atoms with E-state index in [1.54, 1.807) is 13.0 Å². The van der Waals surface area contributed by atoms with Gasteiger partial charge in [-0.1, -0.05) is 77.0 Å². The number of aromatic nitrogens is 4. The van der Waals surface area contributed by atoms with E-state index < -0.39 is 7.37 Å². The van der Waals surface area contributed by atoms with Gasteiger partial charge in [0.1, 0.15) is 18.2 Å². The molecule has 1 unspecified atom stereocenters. The van der Waals surface area contributed by atoms with Crippen LogP contribution in [0.25, 0.3) is 11.2 Å². The van der Waals surface area contributed by atoms with Crippen molar-refractivity contribution in [2.24, 2.45) is 0 Å². The van der Waals surface area contributed by atoms with E-state index in [-0.39, 0.29) is 12.5 Å². The Hall–Kier alpha value is -1.59. The van der Waals surface area contributed by atoms with Gasteiger partial charge in [-0.15, -0.1) is 12.3 Å². The molecule has 41 heavy (non-hydrogen) atoms. The molecule has 2 atom stereocenters. The molecular formula is C31H54N5O3PS. The van der Waals surface area contributed by atoms with Gasteiger partial charge in [0.15, 0.2) is 11.5 Å². The second-order valence-electron chi connectivity index (χ2n) is 11.2. The molecule has 0 saturated carbocycles. The fourth-order valence-electron chi connectivity index (χ4n) is 4.74. The molecule has 0 radical (unpaired) electrons. The van der Waals surface area contributed by atoms with Crippen LogP contribution in [0.2, 0.25) is 0 Å². The predicted molar refractivity (Wildman–Crippen MR) is 175 cm³/mol. The van der Waals surface area contributed by atoms with E-state index in [0.717, 1.165) is 18.6 Å². The molecule has 0 fully saturated rings. The average Bonchev–Trinajstić information content (AvgIpc) is 3.36. The highest BCUT2D eigenvalue weighted by Gasteiger charge is 2.19. The molecular weight excluding hydrogens is 553 g/mol. The summed E-state index contributed by atoms with van der Waals surface area (Å²) in [6.07, 6.45) is 29.1. The number of fused-ring (bicyclic) bond motifs is 1. The summed E-state index contributed by atoms with van der Waals surface area (Å²) >= 11 is 1.98. The fourth-order valence-corrected chi connectivity index (χ4v) is 6.78. The van der Waals surface area contributed by atoms with Gasteiger partial charge in [-0.3, -0.25) is 4.57 Å². The van der Waals surface area contributed by atoms with E-state index in [9.17, 15) is 4.57 Å². The normalized spacial score (nSPS) is 13.8. The lowest BCUT2D eigenvalue weighted by Gasteiger charge is -2.18. The molecule has 0 aliphatic rings. The SMILES string of the molecule is C#CCCCCCCCCCCCCCCCCSCCCOP(C)(=O)CO[C@H](C)Cn1cnc2c(N)ncnc21. The molecule has 232 valence electrons. The fraction of sp³-hybridized carbons (Fsp3) is 0.774. The molecule has 10 heteroatoms. The molecule has 2 aromatic heterocycles. The number of hydrogen-bond acceptors (Lipinski definition) is 8. The molecule has 2 heterocycles. The maximum Gasteiger partial charge on any atom is 0.225 e. The van der Waals surface area contributed by atoms with Gasteiger partial charge in [0.05, 0.1) is 25.6 Å². The first-order valence-electron chi connectivity index (χ1n) is 15.7. The minimum absolute atomic E-state index is 0.0965. The first kappa shape index (κ1) is 35.6. The standard InChI is InChI=1S/C31H54N5O3PS/c1-4-5-6-7-8-9-10-11-12-13-14-15-16-17-18-19-22-41-23-20-21-39-40(3,37)27-38-28(2)24-36-26-35-29-30(32)33-25-34-31(29)36/h1,25-26,28H,5-24,27H2,2-3H3,(H2,32,33,34)/t28-,40?/m1/s1. The van der Waals surface area contributed by atoms with E-state index in [1.807, 2.05) is 23.3 Å². The molecule has 0 spiro atoms. The second kappa shape index (κ2) is 22.0. The van der Waals surface area contributed by atoms with Gasteiger partial charge in [0, 0.05) is 13.1 Å². The van der Waals surface area contributed by atoms with Crippen LogP contribution in [-0.4, -0.2) is 56.7 Å². The van der Waals surface area contributed by atoms with Crippen molar-refractivity contribution in [1.29, 1.82) is 0 Å². The van der Waals surface area contributed by atoms with Crippen LogP contribution in [0.4, 0.5) is 5.82 Å². The van der Waals surface area contributed by atoms with Crippen LogP contribution >= 0.6 is 19.1 Å². The molecule has 0 aliphatic heterocycles. The first-order chi connectivity index (χ1) is 19.9. The van der Waals surface area contributed by atoms with Gasteiger partial charge < -0.3 is 19.6 Å². The highest BCUT2D eigenvalue weighted by molar-refractivity contribution is 7.99. The summed E-state index contributed by atoms with van der Waals surface area (Å²) in [5.74, 6) is 5.32. The Kier molecular flexibility index (Phi) is 19.1. The van der Waals surface area contributed by atoms with Crippen molar-refractivity contribution in [3.05, 3.63) is 12.7 Å². The number of nitrogens with zero attached hydrogens (tertiary/aromatic N) is 4. The molecule has 8 nitrogen and oxygen atoms in total. The third-order valence-electron chi connectivity index (χ3n) is 7.13. The van der Waals surface area contributed by atoms with Crippen molar-refractivity contribution >= 4 is 36.1 Å². The smallest absolute Gasteiger partial charge is 0.225 e. The average molecular weight is 608 g/mol. The van der Waals surface area contributed by atoms with Gasteiger partial charge >= 0.3 is 0 Å². The number of hydrogen-bond donors (Lipinski definition) is 1. The van der Waals surface area contributed by atoms with Crippen molar-refractivity contribution in [2.45, 2.75) is 122 Å². The summed E-state index contributed by atoms with van der Waals surface area (Å²) in [6, 6.07) is 0. The summed E-state index contributed by atoms with van der Waals surface area (Å²) < 4.78 is 26.2. The Morgan fingerprint density at radius 3 is 2.15 bits per heavy atom. The third-order valence-corrected chi connectivity index (χ3v) is 9.64. The summed E-state index contributed by atoms with van der Waals surface area (Å²) in [5.41, 5.74) is 7.09. The number of ether oxygens (including phenoxy) is 1. The second-order valence-corrected chi connectivity index (χ2v) is 14.9. The molecule has 0 aromatic carbocycles. The molecule has 2 aromatic rings. The number of imidazole rings is 1. The summed E-state index contributed by atoms with van der Waals surface area (Å²) in [5, 5.41) is 0. The van der Waals surface area contributed by atoms with Crippen LogP contribution < -0.4 is 5.73 Å². The molecule has 2 rings (SSSR count). The lowest BCUT2D eigenvalue weighted by molar-refractivity contribution is 0.0801. The Morgan fingerprint density at radius 2 is 1.51 bits per heavy atom. The Bertz CT molecular complexity index is 1040. The number of thioether (sulfide) groups is 1. The van der Waals surface area contributed by atoms with Crippen molar-refractivity contribution in [3.63, 3.8) is 0 Å². The van der Waals surface area contributed by atoms with E-state index >= 15 is 0 Å². The molecule has 0 amide bonds. The topological polar surface area (TPSA) is 105 Å². The summed E-state index contributed by atoms with van der Waals surface area (Å²) in [7, 11) is -2.79. The quantitative estimate of drug-likeness (QED) is 0.0647. The molecule has 2 N–H and O–H groups in total. The van der Waals surface area contributed by atoms with Crippen molar-refractivity contribution in [3.8, 4) is 12.3 Å². The lowest BCUT2D eigenvalue weighted by Crippen LogP contribution is -2.17. The van der Waals surface area contributed by atoms with Crippen LogP contribution in [0.1, 0.15) is 110 Å². The zero-order valence-corrected chi connectivity index (χ0v) is 27.3. The Morgan fingerprint density at radius 1 is 0.927 bits per heavy atom. The largest absolute Gasteiger partial charge is 0.382 e. The van der Waals surface area contributed by atoms with Gasteiger partial charge in [-0.2, -0.15) is 11.8 Å². The predicted octanol–water partition coefficient (Wildman–Crippen LogP) is 8.30. The van der Waals surface area contributed by atoms with Gasteiger partial charge in [-0.05, 0) is 37.7 Å². The number of terminal acetylenes is 1. The minimum atomic E-state index is -2.79. The van der Waals surface area contributed by atoms with Crippen LogP contribution in [-0.2, 0) is 20.4 Å². The Labute approximate surface area is 253 Å². The number of nitrogen functional groups attached to an aromatic ring is 1. The van der Waals surface area contributed by atoms with E-state index in [2.05, 4.69) is 20.9 Å². The van der Waals surface area contributed by atoms with E-state index in [4.69, 9.17) is 21.4 Å². The van der Waals surface area contributed by atoms with E-state index in [1.165, 1.54) is 102 Å². The Balaban J connectivity index is 1.35. The number of anilines is 1. The minimum Gasteiger partial charge on any atom is -0.382 e. The zero-order valence-electron chi connectivity index (χ0n) is 25.6. The maximum atomic E-state index is 12.8. The highest BCUT2D eigenvalue weighted by atomic mass is 32.2. The van der Waals surface area contributed by atoms with Gasteiger partial charge in [0.25, 0.3) is 0 Å². The number of rotatable bonds is 26. The van der Waals surface area contributed by atoms with E-state index in [0.29, 0.717) is 30.1 Å². The summed E-state index contributed by atoms with van der Waals surface area (Å²) in [4.78, 5) is 12.5. The third kappa shape index (κ3) is 16.6. The molecule has 0 saturated heterocycles. The lowest BCUT2D eigenvalue weighted by atomic mass is 10.0.